The summed E-state index contributed by atoms with van der Waals surface area (Å²) in [6.07, 6.45) is 1.32. The van der Waals surface area contributed by atoms with Gasteiger partial charge >= 0.3 is 0 Å². The van der Waals surface area contributed by atoms with E-state index in [0.29, 0.717) is 18.7 Å². The lowest BCUT2D eigenvalue weighted by Gasteiger charge is -2.33. The number of benzene rings is 2. The van der Waals surface area contributed by atoms with Crippen molar-refractivity contribution in [3.05, 3.63) is 58.1 Å². The van der Waals surface area contributed by atoms with Crippen molar-refractivity contribution in [3.63, 3.8) is 0 Å². The Hall–Kier alpha value is -2.49. The molecule has 2 amide bonds. The highest BCUT2D eigenvalue weighted by Crippen LogP contribution is 2.31. The molecule has 0 aliphatic carbocycles. The van der Waals surface area contributed by atoms with Gasteiger partial charge in [0.1, 0.15) is 18.3 Å². The van der Waals surface area contributed by atoms with Crippen molar-refractivity contribution in [1.82, 2.24) is 10.2 Å². The summed E-state index contributed by atoms with van der Waals surface area (Å²) in [4.78, 5) is 28.1. The SMILES string of the molecule is CCC(C(=O)NCC(C)C)N(Cc1ccc(OC)cc1)C(=O)CN(c1cc(Cl)ccc1Cl)S(C)(=O)=O. The normalized spacial score (nSPS) is 12.2. The van der Waals surface area contributed by atoms with E-state index in [1.54, 1.807) is 38.3 Å². The van der Waals surface area contributed by atoms with Gasteiger partial charge in [-0.25, -0.2) is 8.42 Å². The molecular weight excluding hydrogens is 525 g/mol. The van der Waals surface area contributed by atoms with Crippen LogP contribution in [0.5, 0.6) is 5.75 Å². The summed E-state index contributed by atoms with van der Waals surface area (Å²) in [5.74, 6) is 0.0127. The van der Waals surface area contributed by atoms with E-state index in [1.165, 1.54) is 23.1 Å². The maximum Gasteiger partial charge on any atom is 0.244 e. The molecule has 2 aromatic carbocycles. The number of ether oxygens (including phenoxy) is 1. The van der Waals surface area contributed by atoms with Gasteiger partial charge in [0.15, 0.2) is 0 Å². The molecule has 0 radical (unpaired) electrons. The lowest BCUT2D eigenvalue weighted by atomic mass is 10.1. The van der Waals surface area contributed by atoms with Gasteiger partial charge in [0.2, 0.25) is 21.8 Å². The van der Waals surface area contributed by atoms with E-state index in [0.717, 1.165) is 16.1 Å². The zero-order chi connectivity index (χ0) is 27.0. The minimum absolute atomic E-state index is 0.0849. The Bertz CT molecular complexity index is 1160. The molecule has 0 aliphatic heterocycles. The van der Waals surface area contributed by atoms with Crippen molar-refractivity contribution in [3.8, 4) is 5.75 Å². The summed E-state index contributed by atoms with van der Waals surface area (Å²) in [7, 11) is -2.36. The third-order valence-corrected chi connectivity index (χ3v) is 7.12. The van der Waals surface area contributed by atoms with Crippen LogP contribution in [0.3, 0.4) is 0 Å². The van der Waals surface area contributed by atoms with Crippen LogP contribution in [0.25, 0.3) is 0 Å². The molecule has 0 spiro atoms. The van der Waals surface area contributed by atoms with Gasteiger partial charge < -0.3 is 15.0 Å². The predicted molar refractivity (Wildman–Crippen MR) is 144 cm³/mol. The lowest BCUT2D eigenvalue weighted by Crippen LogP contribution is -2.52. The lowest BCUT2D eigenvalue weighted by molar-refractivity contribution is -0.140. The fourth-order valence-electron chi connectivity index (χ4n) is 3.54. The van der Waals surface area contributed by atoms with Gasteiger partial charge in [0.25, 0.3) is 0 Å². The fraction of sp³-hybridized carbons (Fsp3) is 0.440. The number of methoxy groups -OCH3 is 1. The molecule has 1 unspecified atom stereocenters. The number of amides is 2. The minimum Gasteiger partial charge on any atom is -0.497 e. The third kappa shape index (κ3) is 8.28. The van der Waals surface area contributed by atoms with E-state index >= 15 is 0 Å². The number of sulfonamides is 1. The highest BCUT2D eigenvalue weighted by atomic mass is 35.5. The Morgan fingerprint density at radius 2 is 1.72 bits per heavy atom. The van der Waals surface area contributed by atoms with Crippen LogP contribution >= 0.6 is 23.2 Å². The van der Waals surface area contributed by atoms with E-state index in [4.69, 9.17) is 27.9 Å². The smallest absolute Gasteiger partial charge is 0.244 e. The number of anilines is 1. The number of hydrogen-bond acceptors (Lipinski definition) is 5. The molecule has 198 valence electrons. The third-order valence-electron chi connectivity index (χ3n) is 5.44. The van der Waals surface area contributed by atoms with Crippen LogP contribution in [-0.4, -0.2) is 57.6 Å². The van der Waals surface area contributed by atoms with Crippen LogP contribution in [-0.2, 0) is 26.2 Å². The van der Waals surface area contributed by atoms with Gasteiger partial charge in [0, 0.05) is 18.1 Å². The monoisotopic (exact) mass is 557 g/mol. The van der Waals surface area contributed by atoms with Crippen LogP contribution in [0.15, 0.2) is 42.5 Å². The Morgan fingerprint density at radius 1 is 1.08 bits per heavy atom. The molecule has 0 saturated carbocycles. The van der Waals surface area contributed by atoms with Crippen LogP contribution < -0.4 is 14.4 Å². The number of hydrogen-bond donors (Lipinski definition) is 1. The average molecular weight is 559 g/mol. The van der Waals surface area contributed by atoms with Crippen molar-refractivity contribution < 1.29 is 22.7 Å². The number of carbonyl (C=O) groups excluding carboxylic acids is 2. The molecule has 2 rings (SSSR count). The van der Waals surface area contributed by atoms with Gasteiger partial charge in [-0.05, 0) is 48.2 Å². The highest BCUT2D eigenvalue weighted by molar-refractivity contribution is 7.92. The largest absolute Gasteiger partial charge is 0.497 e. The first-order chi connectivity index (χ1) is 16.9. The summed E-state index contributed by atoms with van der Waals surface area (Å²) in [6, 6.07) is 10.7. The summed E-state index contributed by atoms with van der Waals surface area (Å²) in [6.45, 7) is 5.74. The van der Waals surface area contributed by atoms with Gasteiger partial charge in [0.05, 0.1) is 24.1 Å². The molecule has 0 heterocycles. The second-order valence-corrected chi connectivity index (χ2v) is 11.5. The summed E-state index contributed by atoms with van der Waals surface area (Å²) in [5.41, 5.74) is 0.840. The van der Waals surface area contributed by atoms with E-state index in [9.17, 15) is 18.0 Å². The minimum atomic E-state index is -3.92. The van der Waals surface area contributed by atoms with Gasteiger partial charge in [-0.2, -0.15) is 0 Å². The van der Waals surface area contributed by atoms with E-state index in [-0.39, 0.29) is 34.1 Å². The molecule has 0 aromatic heterocycles. The molecule has 8 nitrogen and oxygen atoms in total. The first kappa shape index (κ1) is 29.7. The van der Waals surface area contributed by atoms with Crippen molar-refractivity contribution in [2.45, 2.75) is 39.8 Å². The predicted octanol–water partition coefficient (Wildman–Crippen LogP) is 4.35. The molecule has 1 N–H and O–H groups in total. The second kappa shape index (κ2) is 13.2. The number of carbonyl (C=O) groups is 2. The molecule has 0 bridgehead atoms. The molecule has 11 heteroatoms. The zero-order valence-electron chi connectivity index (χ0n) is 21.1. The van der Waals surface area contributed by atoms with Crippen LogP contribution in [0.2, 0.25) is 10.0 Å². The van der Waals surface area contributed by atoms with Gasteiger partial charge in [-0.3, -0.25) is 13.9 Å². The summed E-state index contributed by atoms with van der Waals surface area (Å²) >= 11 is 12.3. The van der Waals surface area contributed by atoms with Crippen molar-refractivity contribution in [2.75, 3.05) is 30.8 Å². The molecule has 2 aromatic rings. The highest BCUT2D eigenvalue weighted by Gasteiger charge is 2.32. The summed E-state index contributed by atoms with van der Waals surface area (Å²) in [5, 5.41) is 3.28. The number of rotatable bonds is 12. The first-order valence-electron chi connectivity index (χ1n) is 11.5. The first-order valence-corrected chi connectivity index (χ1v) is 14.1. The maximum atomic E-state index is 13.7. The Kier molecular flexibility index (Phi) is 10.9. The van der Waals surface area contributed by atoms with E-state index in [1.807, 2.05) is 13.8 Å². The van der Waals surface area contributed by atoms with E-state index < -0.39 is 28.5 Å². The Labute approximate surface area is 223 Å². The van der Waals surface area contributed by atoms with Crippen LogP contribution in [0, 0.1) is 5.92 Å². The molecular formula is C25H33Cl2N3O5S. The molecule has 0 aliphatic rings. The molecule has 36 heavy (non-hydrogen) atoms. The fourth-order valence-corrected chi connectivity index (χ4v) is 4.83. The van der Waals surface area contributed by atoms with Crippen molar-refractivity contribution >= 4 is 50.7 Å². The zero-order valence-corrected chi connectivity index (χ0v) is 23.5. The van der Waals surface area contributed by atoms with Gasteiger partial charge in [-0.15, -0.1) is 0 Å². The van der Waals surface area contributed by atoms with E-state index in [2.05, 4.69) is 5.32 Å². The van der Waals surface area contributed by atoms with Crippen LogP contribution in [0.1, 0.15) is 32.8 Å². The molecule has 0 saturated heterocycles. The number of nitrogens with zero attached hydrogens (tertiary/aromatic N) is 2. The molecule has 0 fully saturated rings. The number of nitrogens with one attached hydrogen (secondary N) is 1. The second-order valence-electron chi connectivity index (χ2n) is 8.80. The quantitative estimate of drug-likeness (QED) is 0.418. The van der Waals surface area contributed by atoms with Crippen molar-refractivity contribution in [1.29, 1.82) is 0 Å². The standard InChI is InChI=1S/C25H33Cl2N3O5S/c1-6-22(25(32)28-14-17(2)3)29(15-18-7-10-20(35-4)11-8-18)24(31)16-30(36(5,33)34)23-13-19(26)9-12-21(23)27/h7-13,17,22H,6,14-16H2,1-5H3,(H,28,32). The summed E-state index contributed by atoms with van der Waals surface area (Å²) < 4.78 is 31.5. The molecule has 1 atom stereocenters. The Balaban J connectivity index is 2.46. The Morgan fingerprint density at radius 3 is 2.25 bits per heavy atom. The van der Waals surface area contributed by atoms with Crippen molar-refractivity contribution in [2.24, 2.45) is 5.92 Å². The maximum absolute atomic E-state index is 13.7. The topological polar surface area (TPSA) is 96.0 Å². The average Bonchev–Trinajstić information content (AvgIpc) is 2.82. The number of halogens is 2. The van der Waals surface area contributed by atoms with Crippen LogP contribution in [0.4, 0.5) is 5.69 Å². The van der Waals surface area contributed by atoms with Gasteiger partial charge in [-0.1, -0.05) is 56.1 Å².